The van der Waals surface area contributed by atoms with Crippen molar-refractivity contribution in [3.8, 4) is 0 Å². The minimum Gasteiger partial charge on any atom is -0.388 e. The Kier molecular flexibility index (Phi) is 4.52. The molecule has 0 spiro atoms. The zero-order valence-corrected chi connectivity index (χ0v) is 11.6. The topological polar surface area (TPSA) is 20.2 Å². The molecule has 1 nitrogen and oxygen atoms in total. The summed E-state index contributed by atoms with van der Waals surface area (Å²) >= 11 is 2.05. The van der Waals surface area contributed by atoms with Crippen LogP contribution in [0.1, 0.15) is 42.1 Å². The Labute approximate surface area is 109 Å². The van der Waals surface area contributed by atoms with Crippen LogP contribution in [0.25, 0.3) is 0 Å². The van der Waals surface area contributed by atoms with E-state index in [9.17, 15) is 5.11 Å². The first-order chi connectivity index (χ1) is 8.16. The molecule has 1 aliphatic heterocycles. The molecular formula is C15H22OS. The Bertz CT molecular complexity index is 369. The molecule has 17 heavy (non-hydrogen) atoms. The maximum atomic E-state index is 10.4. The summed E-state index contributed by atoms with van der Waals surface area (Å²) in [6, 6.07) is 6.37. The van der Waals surface area contributed by atoms with Crippen molar-refractivity contribution in [1.29, 1.82) is 0 Å². The van der Waals surface area contributed by atoms with E-state index in [-0.39, 0.29) is 6.10 Å². The van der Waals surface area contributed by atoms with Crippen molar-refractivity contribution in [2.45, 2.75) is 39.2 Å². The summed E-state index contributed by atoms with van der Waals surface area (Å²) in [5.74, 6) is 3.25. The first kappa shape index (κ1) is 13.0. The lowest BCUT2D eigenvalue weighted by Gasteiger charge is -2.24. The molecule has 1 unspecified atom stereocenters. The number of rotatable bonds is 3. The molecule has 2 rings (SSSR count). The van der Waals surface area contributed by atoms with Gasteiger partial charge in [-0.1, -0.05) is 23.8 Å². The van der Waals surface area contributed by atoms with E-state index in [1.54, 1.807) is 0 Å². The molecule has 1 aromatic carbocycles. The first-order valence-corrected chi connectivity index (χ1v) is 7.65. The van der Waals surface area contributed by atoms with Crippen LogP contribution in [0.2, 0.25) is 0 Å². The number of hydrogen-bond donors (Lipinski definition) is 1. The number of thioether (sulfide) groups is 1. The highest BCUT2D eigenvalue weighted by molar-refractivity contribution is 7.99. The maximum Gasteiger partial charge on any atom is 0.0795 e. The van der Waals surface area contributed by atoms with E-state index >= 15 is 0 Å². The second-order valence-electron chi connectivity index (χ2n) is 5.17. The molecule has 1 N–H and O–H groups in total. The van der Waals surface area contributed by atoms with E-state index < -0.39 is 0 Å². The fourth-order valence-electron chi connectivity index (χ4n) is 2.54. The molecule has 0 aliphatic carbocycles. The SMILES string of the molecule is Cc1ccc(C)c(C(O)CC2CCSCC2)c1. The van der Waals surface area contributed by atoms with Gasteiger partial charge in [-0.25, -0.2) is 0 Å². The lowest BCUT2D eigenvalue weighted by molar-refractivity contribution is 0.140. The molecule has 1 aromatic rings. The Balaban J connectivity index is 2.02. The number of aliphatic hydroxyl groups is 1. The van der Waals surface area contributed by atoms with Gasteiger partial charge in [-0.15, -0.1) is 0 Å². The number of benzene rings is 1. The fourth-order valence-corrected chi connectivity index (χ4v) is 3.75. The molecule has 1 saturated heterocycles. The van der Waals surface area contributed by atoms with Gasteiger partial charge in [-0.3, -0.25) is 0 Å². The van der Waals surface area contributed by atoms with Crippen molar-refractivity contribution < 1.29 is 5.11 Å². The van der Waals surface area contributed by atoms with Gasteiger partial charge in [0.05, 0.1) is 6.10 Å². The molecule has 94 valence electrons. The molecule has 0 amide bonds. The molecular weight excluding hydrogens is 228 g/mol. The summed E-state index contributed by atoms with van der Waals surface area (Å²) in [5, 5.41) is 10.4. The summed E-state index contributed by atoms with van der Waals surface area (Å²) < 4.78 is 0. The standard InChI is InChI=1S/C15H22OS/c1-11-3-4-12(2)14(9-11)15(16)10-13-5-7-17-8-6-13/h3-4,9,13,15-16H,5-8,10H2,1-2H3. The van der Waals surface area contributed by atoms with Crippen LogP contribution >= 0.6 is 11.8 Å². The molecule has 0 bridgehead atoms. The second-order valence-corrected chi connectivity index (χ2v) is 6.39. The van der Waals surface area contributed by atoms with Crippen molar-refractivity contribution in [1.82, 2.24) is 0 Å². The zero-order valence-electron chi connectivity index (χ0n) is 10.8. The number of aryl methyl sites for hydroxylation is 2. The second kappa shape index (κ2) is 5.92. The highest BCUT2D eigenvalue weighted by Crippen LogP contribution is 2.32. The van der Waals surface area contributed by atoms with Crippen LogP contribution in [0.3, 0.4) is 0 Å². The van der Waals surface area contributed by atoms with Crippen molar-refractivity contribution in [2.75, 3.05) is 11.5 Å². The minimum atomic E-state index is -0.275. The summed E-state index contributed by atoms with van der Waals surface area (Å²) in [5.41, 5.74) is 3.58. The summed E-state index contributed by atoms with van der Waals surface area (Å²) in [7, 11) is 0. The predicted octanol–water partition coefficient (Wildman–Crippen LogP) is 3.87. The fraction of sp³-hybridized carbons (Fsp3) is 0.600. The van der Waals surface area contributed by atoms with Crippen molar-refractivity contribution >= 4 is 11.8 Å². The van der Waals surface area contributed by atoms with Gasteiger partial charge >= 0.3 is 0 Å². The van der Waals surface area contributed by atoms with Crippen molar-refractivity contribution in [3.63, 3.8) is 0 Å². The largest absolute Gasteiger partial charge is 0.388 e. The summed E-state index contributed by atoms with van der Waals surface area (Å²) in [6.07, 6.45) is 3.20. The quantitative estimate of drug-likeness (QED) is 0.878. The molecule has 2 heteroatoms. The third-order valence-electron chi connectivity index (χ3n) is 3.69. The number of aliphatic hydroxyl groups excluding tert-OH is 1. The van der Waals surface area contributed by atoms with Gasteiger partial charge in [0.1, 0.15) is 0 Å². The van der Waals surface area contributed by atoms with Gasteiger partial charge in [0.15, 0.2) is 0 Å². The van der Waals surface area contributed by atoms with Gasteiger partial charge in [0.25, 0.3) is 0 Å². The number of hydrogen-bond acceptors (Lipinski definition) is 2. The Hall–Kier alpha value is -0.470. The third kappa shape index (κ3) is 3.49. The molecule has 1 fully saturated rings. The molecule has 1 aliphatic rings. The summed E-state index contributed by atoms with van der Waals surface area (Å²) in [6.45, 7) is 4.18. The Morgan fingerprint density at radius 1 is 1.29 bits per heavy atom. The highest BCUT2D eigenvalue weighted by Gasteiger charge is 2.19. The van der Waals surface area contributed by atoms with Crippen molar-refractivity contribution in [2.24, 2.45) is 5.92 Å². The van der Waals surface area contributed by atoms with Crippen molar-refractivity contribution in [3.05, 3.63) is 34.9 Å². The van der Waals surface area contributed by atoms with E-state index in [1.807, 2.05) is 11.8 Å². The average molecular weight is 250 g/mol. The molecule has 0 saturated carbocycles. The van der Waals surface area contributed by atoms with E-state index in [4.69, 9.17) is 0 Å². The minimum absolute atomic E-state index is 0.275. The van der Waals surface area contributed by atoms with Crippen LogP contribution < -0.4 is 0 Å². The monoisotopic (exact) mass is 250 g/mol. The van der Waals surface area contributed by atoms with Crippen LogP contribution in [-0.4, -0.2) is 16.6 Å². The first-order valence-electron chi connectivity index (χ1n) is 6.50. The van der Waals surface area contributed by atoms with E-state index in [0.717, 1.165) is 12.0 Å². The van der Waals surface area contributed by atoms with Gasteiger partial charge in [-0.2, -0.15) is 11.8 Å². The maximum absolute atomic E-state index is 10.4. The van der Waals surface area contributed by atoms with E-state index in [0.29, 0.717) is 5.92 Å². The van der Waals surface area contributed by atoms with Crippen LogP contribution in [0.4, 0.5) is 0 Å². The van der Waals surface area contributed by atoms with E-state index in [2.05, 4.69) is 32.0 Å². The molecule has 0 aromatic heterocycles. The lowest BCUT2D eigenvalue weighted by Crippen LogP contribution is -2.14. The predicted molar refractivity (Wildman–Crippen MR) is 75.5 cm³/mol. The molecule has 1 atom stereocenters. The smallest absolute Gasteiger partial charge is 0.0795 e. The van der Waals surface area contributed by atoms with Crippen LogP contribution in [-0.2, 0) is 0 Å². The Morgan fingerprint density at radius 2 is 2.00 bits per heavy atom. The van der Waals surface area contributed by atoms with Gasteiger partial charge < -0.3 is 5.11 Å². The van der Waals surface area contributed by atoms with Gasteiger partial charge in [-0.05, 0) is 61.7 Å². The highest BCUT2D eigenvalue weighted by atomic mass is 32.2. The van der Waals surface area contributed by atoms with E-state index in [1.165, 1.54) is 35.5 Å². The van der Waals surface area contributed by atoms with Crippen LogP contribution in [0.15, 0.2) is 18.2 Å². The third-order valence-corrected chi connectivity index (χ3v) is 4.74. The lowest BCUT2D eigenvalue weighted by atomic mass is 9.90. The molecule has 0 radical (unpaired) electrons. The molecule has 1 heterocycles. The van der Waals surface area contributed by atoms with Gasteiger partial charge in [0, 0.05) is 0 Å². The van der Waals surface area contributed by atoms with Crippen LogP contribution in [0, 0.1) is 19.8 Å². The average Bonchev–Trinajstić information content (AvgIpc) is 2.33. The zero-order chi connectivity index (χ0) is 12.3. The van der Waals surface area contributed by atoms with Crippen LogP contribution in [0.5, 0.6) is 0 Å². The normalized spacial score (nSPS) is 19.2. The Morgan fingerprint density at radius 3 is 2.71 bits per heavy atom. The summed E-state index contributed by atoms with van der Waals surface area (Å²) in [4.78, 5) is 0. The van der Waals surface area contributed by atoms with Gasteiger partial charge in [0.2, 0.25) is 0 Å².